The summed E-state index contributed by atoms with van der Waals surface area (Å²) >= 11 is 3.23. The third-order valence-electron chi connectivity index (χ3n) is 2.47. The van der Waals surface area contributed by atoms with E-state index in [0.717, 1.165) is 6.42 Å². The van der Waals surface area contributed by atoms with Gasteiger partial charge in [-0.15, -0.1) is 0 Å². The molecule has 1 rings (SSSR count). The molecule has 0 bridgehead atoms. The number of carboxylic acid groups (broad SMARTS) is 1. The van der Waals surface area contributed by atoms with Crippen molar-refractivity contribution in [3.8, 4) is 0 Å². The summed E-state index contributed by atoms with van der Waals surface area (Å²) in [5.41, 5.74) is 5.98. The van der Waals surface area contributed by atoms with Gasteiger partial charge in [0.1, 0.15) is 6.04 Å². The zero-order chi connectivity index (χ0) is 13.7. The summed E-state index contributed by atoms with van der Waals surface area (Å²) in [6.07, 6.45) is 1.20. The van der Waals surface area contributed by atoms with E-state index in [4.69, 9.17) is 10.8 Å². The van der Waals surface area contributed by atoms with Gasteiger partial charge in [0.05, 0.1) is 5.56 Å². The van der Waals surface area contributed by atoms with Crippen LogP contribution in [0.15, 0.2) is 22.7 Å². The van der Waals surface area contributed by atoms with Crippen LogP contribution in [0.3, 0.4) is 0 Å². The van der Waals surface area contributed by atoms with Crippen LogP contribution in [0, 0.1) is 0 Å². The molecule has 0 aliphatic rings. The maximum absolute atomic E-state index is 11.4. The summed E-state index contributed by atoms with van der Waals surface area (Å²) in [6, 6.07) is 4.29. The molecular weight excluding hydrogens is 300 g/mol. The number of hydrogen-bond donors (Lipinski definition) is 3. The van der Waals surface area contributed by atoms with Gasteiger partial charge in [0.25, 0.3) is 5.91 Å². The first-order valence-corrected chi connectivity index (χ1v) is 6.34. The van der Waals surface area contributed by atoms with Gasteiger partial charge in [-0.25, -0.2) is 4.79 Å². The average molecular weight is 315 g/mol. The van der Waals surface area contributed by atoms with Crippen LogP contribution in [0.25, 0.3) is 0 Å². The van der Waals surface area contributed by atoms with Crippen LogP contribution in [0.5, 0.6) is 0 Å². The van der Waals surface area contributed by atoms with Crippen molar-refractivity contribution >= 4 is 33.5 Å². The van der Waals surface area contributed by atoms with Gasteiger partial charge in [0, 0.05) is 10.2 Å². The lowest BCUT2D eigenvalue weighted by Gasteiger charge is -2.17. The second-order valence-electron chi connectivity index (χ2n) is 3.85. The van der Waals surface area contributed by atoms with E-state index in [1.54, 1.807) is 18.2 Å². The van der Waals surface area contributed by atoms with Crippen molar-refractivity contribution in [1.29, 1.82) is 0 Å². The van der Waals surface area contributed by atoms with Crippen LogP contribution in [0.2, 0.25) is 0 Å². The monoisotopic (exact) mass is 314 g/mol. The number of rotatable bonds is 6. The van der Waals surface area contributed by atoms with E-state index in [1.807, 2.05) is 6.92 Å². The van der Waals surface area contributed by atoms with Crippen molar-refractivity contribution in [2.45, 2.75) is 25.8 Å². The van der Waals surface area contributed by atoms with E-state index in [1.165, 1.54) is 0 Å². The van der Waals surface area contributed by atoms with Crippen molar-refractivity contribution in [1.82, 2.24) is 0 Å². The molecule has 1 aromatic rings. The van der Waals surface area contributed by atoms with Gasteiger partial charge in [-0.05, 0) is 34.5 Å². The summed E-state index contributed by atoms with van der Waals surface area (Å²) in [4.78, 5) is 22.4. The predicted molar refractivity (Wildman–Crippen MR) is 72.6 cm³/mol. The molecule has 0 spiro atoms. The third kappa shape index (κ3) is 3.46. The van der Waals surface area contributed by atoms with Gasteiger partial charge in [-0.1, -0.05) is 19.4 Å². The molecule has 0 saturated heterocycles. The molecule has 0 heterocycles. The van der Waals surface area contributed by atoms with Crippen LogP contribution in [-0.4, -0.2) is 23.0 Å². The standard InChI is InChI=1S/C12H15BrN2O3/c1-2-4-9(12(17)18)15-8-6-3-5-7(13)10(8)11(14)16/h3,5-6,9,15H,2,4H2,1H3,(H2,14,16)(H,17,18). The Morgan fingerprint density at radius 3 is 2.67 bits per heavy atom. The number of aliphatic carboxylic acids is 1. The summed E-state index contributed by atoms with van der Waals surface area (Å²) in [6.45, 7) is 1.90. The van der Waals surface area contributed by atoms with Gasteiger partial charge in [0.2, 0.25) is 0 Å². The highest BCUT2D eigenvalue weighted by molar-refractivity contribution is 9.10. The van der Waals surface area contributed by atoms with E-state index in [2.05, 4.69) is 21.2 Å². The average Bonchev–Trinajstić information content (AvgIpc) is 2.27. The second-order valence-corrected chi connectivity index (χ2v) is 4.70. The molecular formula is C12H15BrN2O3. The lowest BCUT2D eigenvalue weighted by atomic mass is 10.1. The fourth-order valence-electron chi connectivity index (χ4n) is 1.63. The molecule has 0 aromatic heterocycles. The number of carbonyl (C=O) groups excluding carboxylic acids is 1. The minimum Gasteiger partial charge on any atom is -0.480 e. The number of halogens is 1. The lowest BCUT2D eigenvalue weighted by molar-refractivity contribution is -0.138. The summed E-state index contributed by atoms with van der Waals surface area (Å²) < 4.78 is 0.542. The molecule has 0 aliphatic carbocycles. The van der Waals surface area contributed by atoms with E-state index in [9.17, 15) is 9.59 Å². The predicted octanol–water partition coefficient (Wildman–Crippen LogP) is 2.21. The van der Waals surface area contributed by atoms with E-state index >= 15 is 0 Å². The van der Waals surface area contributed by atoms with Gasteiger partial charge in [-0.2, -0.15) is 0 Å². The minimum absolute atomic E-state index is 0.264. The van der Waals surface area contributed by atoms with Gasteiger partial charge in [-0.3, -0.25) is 4.79 Å². The maximum Gasteiger partial charge on any atom is 0.326 e. The zero-order valence-corrected chi connectivity index (χ0v) is 11.5. The topological polar surface area (TPSA) is 92.4 Å². The molecule has 6 heteroatoms. The van der Waals surface area contributed by atoms with Crippen molar-refractivity contribution in [2.24, 2.45) is 5.73 Å². The summed E-state index contributed by atoms with van der Waals surface area (Å²) in [7, 11) is 0. The molecule has 1 amide bonds. The smallest absolute Gasteiger partial charge is 0.326 e. The SMILES string of the molecule is CCCC(Nc1cccc(Br)c1C(N)=O)C(=O)O. The molecule has 0 fully saturated rings. The molecule has 0 aliphatic heterocycles. The van der Waals surface area contributed by atoms with Gasteiger partial charge >= 0.3 is 5.97 Å². The largest absolute Gasteiger partial charge is 0.480 e. The number of primary amides is 1. The molecule has 18 heavy (non-hydrogen) atoms. The minimum atomic E-state index is -0.952. The number of anilines is 1. The number of benzene rings is 1. The molecule has 0 radical (unpaired) electrons. The molecule has 5 nitrogen and oxygen atoms in total. The Bertz CT molecular complexity index is 463. The number of carboxylic acids is 1. The third-order valence-corrected chi connectivity index (χ3v) is 3.13. The van der Waals surface area contributed by atoms with Crippen LogP contribution < -0.4 is 11.1 Å². The maximum atomic E-state index is 11.4. The fraction of sp³-hybridized carbons (Fsp3) is 0.333. The number of nitrogens with one attached hydrogen (secondary N) is 1. The van der Waals surface area contributed by atoms with Crippen molar-refractivity contribution in [3.05, 3.63) is 28.2 Å². The molecule has 4 N–H and O–H groups in total. The Hall–Kier alpha value is -1.56. The van der Waals surface area contributed by atoms with Gasteiger partial charge in [0.15, 0.2) is 0 Å². The highest BCUT2D eigenvalue weighted by Crippen LogP contribution is 2.25. The lowest BCUT2D eigenvalue weighted by Crippen LogP contribution is -2.30. The number of carbonyl (C=O) groups is 2. The first kappa shape index (κ1) is 14.5. The normalized spacial score (nSPS) is 11.9. The quantitative estimate of drug-likeness (QED) is 0.750. The molecule has 0 saturated carbocycles. The first-order chi connectivity index (χ1) is 8.47. The van der Waals surface area contributed by atoms with E-state index in [-0.39, 0.29) is 5.56 Å². The first-order valence-electron chi connectivity index (χ1n) is 5.55. The Kier molecular flexibility index (Phi) is 5.15. The molecule has 1 atom stereocenters. The van der Waals surface area contributed by atoms with Crippen LogP contribution in [-0.2, 0) is 4.79 Å². The second kappa shape index (κ2) is 6.39. The number of nitrogens with two attached hydrogens (primary N) is 1. The van der Waals surface area contributed by atoms with Crippen molar-refractivity contribution in [2.75, 3.05) is 5.32 Å². The fourth-order valence-corrected chi connectivity index (χ4v) is 2.19. The van der Waals surface area contributed by atoms with Crippen LogP contribution >= 0.6 is 15.9 Å². The Labute approximate surface area is 113 Å². The molecule has 1 aromatic carbocycles. The van der Waals surface area contributed by atoms with Crippen molar-refractivity contribution in [3.63, 3.8) is 0 Å². The summed E-state index contributed by atoms with van der Waals surface area (Å²) in [5, 5.41) is 11.9. The van der Waals surface area contributed by atoms with Crippen LogP contribution in [0.1, 0.15) is 30.1 Å². The summed E-state index contributed by atoms with van der Waals surface area (Å²) in [5.74, 6) is -1.56. The molecule has 1 unspecified atom stereocenters. The molecule has 98 valence electrons. The highest BCUT2D eigenvalue weighted by atomic mass is 79.9. The highest BCUT2D eigenvalue weighted by Gasteiger charge is 2.19. The van der Waals surface area contributed by atoms with E-state index < -0.39 is 17.9 Å². The Morgan fingerprint density at radius 1 is 1.50 bits per heavy atom. The number of amides is 1. The number of hydrogen-bond acceptors (Lipinski definition) is 3. The zero-order valence-electron chi connectivity index (χ0n) is 9.94. The van der Waals surface area contributed by atoms with Crippen molar-refractivity contribution < 1.29 is 14.7 Å². The van der Waals surface area contributed by atoms with Crippen LogP contribution in [0.4, 0.5) is 5.69 Å². The Morgan fingerprint density at radius 2 is 2.17 bits per heavy atom. The van der Waals surface area contributed by atoms with E-state index in [0.29, 0.717) is 16.6 Å². The van der Waals surface area contributed by atoms with Gasteiger partial charge < -0.3 is 16.2 Å². The Balaban J connectivity index is 3.06.